The van der Waals surface area contributed by atoms with E-state index in [1.54, 1.807) is 13.8 Å². The molecule has 2 N–H and O–H groups in total. The minimum Gasteiger partial charge on any atom is -0.316 e. The van der Waals surface area contributed by atoms with Crippen molar-refractivity contribution in [3.8, 4) is 0 Å². The van der Waals surface area contributed by atoms with Crippen LogP contribution < -0.4 is 5.73 Å². The van der Waals surface area contributed by atoms with Crippen LogP contribution in [0.4, 0.5) is 0 Å². The topological polar surface area (TPSA) is 61.5 Å². The summed E-state index contributed by atoms with van der Waals surface area (Å²) in [5.74, 6) is 0.608. The van der Waals surface area contributed by atoms with Gasteiger partial charge in [0.1, 0.15) is 5.28 Å². The van der Waals surface area contributed by atoms with E-state index in [2.05, 4.69) is 0 Å². The third-order valence-electron chi connectivity index (χ3n) is 1.86. The highest BCUT2D eigenvalue weighted by molar-refractivity contribution is 7.55. The second-order valence-electron chi connectivity index (χ2n) is 5.53. The maximum atomic E-state index is 12.5. The van der Waals surface area contributed by atoms with Crippen molar-refractivity contribution in [3.63, 3.8) is 0 Å². The van der Waals surface area contributed by atoms with E-state index in [1.165, 1.54) is 0 Å². The van der Waals surface area contributed by atoms with Crippen molar-refractivity contribution >= 4 is 7.60 Å². The molecule has 4 nitrogen and oxygen atoms in total. The lowest BCUT2D eigenvalue weighted by atomic mass is 10.2. The third kappa shape index (κ3) is 5.44. The van der Waals surface area contributed by atoms with Gasteiger partial charge in [0.05, 0.1) is 13.2 Å². The number of rotatable bonds is 7. The summed E-state index contributed by atoms with van der Waals surface area (Å²) in [6, 6.07) is 0. The second-order valence-corrected chi connectivity index (χ2v) is 8.19. The van der Waals surface area contributed by atoms with Crippen molar-refractivity contribution in [1.29, 1.82) is 0 Å². The highest BCUT2D eigenvalue weighted by atomic mass is 31.2. The predicted octanol–water partition coefficient (Wildman–Crippen LogP) is 3.22. The predicted molar refractivity (Wildman–Crippen MR) is 67.5 cm³/mol. The first-order chi connectivity index (χ1) is 7.08. The zero-order chi connectivity index (χ0) is 13.0. The van der Waals surface area contributed by atoms with Gasteiger partial charge in [-0.2, -0.15) is 0 Å². The molecule has 16 heavy (non-hydrogen) atoms. The Kier molecular flexibility index (Phi) is 6.20. The van der Waals surface area contributed by atoms with Crippen LogP contribution in [0, 0.1) is 11.8 Å². The highest BCUT2D eigenvalue weighted by Crippen LogP contribution is 2.57. The normalized spacial score (nSPS) is 13.8. The molecule has 0 unspecified atom stereocenters. The van der Waals surface area contributed by atoms with Crippen molar-refractivity contribution in [1.82, 2.24) is 0 Å². The summed E-state index contributed by atoms with van der Waals surface area (Å²) >= 11 is 0. The lowest BCUT2D eigenvalue weighted by molar-refractivity contribution is 0.159. The van der Waals surface area contributed by atoms with E-state index in [9.17, 15) is 4.57 Å². The van der Waals surface area contributed by atoms with Crippen LogP contribution in [0.1, 0.15) is 41.5 Å². The van der Waals surface area contributed by atoms with Crippen LogP contribution in [0.2, 0.25) is 0 Å². The Morgan fingerprint density at radius 2 is 1.38 bits per heavy atom. The molecule has 0 aromatic carbocycles. The molecule has 98 valence electrons. The number of nitrogens with two attached hydrogens (primary N) is 1. The Balaban J connectivity index is 4.57. The third-order valence-corrected chi connectivity index (χ3v) is 4.25. The van der Waals surface area contributed by atoms with Crippen LogP contribution in [-0.2, 0) is 13.6 Å². The maximum Gasteiger partial charge on any atom is 0.349 e. The van der Waals surface area contributed by atoms with E-state index in [0.29, 0.717) is 25.0 Å². The van der Waals surface area contributed by atoms with Crippen LogP contribution >= 0.6 is 7.60 Å². The zero-order valence-corrected chi connectivity index (χ0v) is 12.2. The van der Waals surface area contributed by atoms with Gasteiger partial charge in [-0.15, -0.1) is 0 Å². The van der Waals surface area contributed by atoms with Crippen LogP contribution in [0.3, 0.4) is 0 Å². The van der Waals surface area contributed by atoms with Gasteiger partial charge in [-0.25, -0.2) is 0 Å². The fourth-order valence-electron chi connectivity index (χ4n) is 0.864. The first-order valence-electron chi connectivity index (χ1n) is 5.76. The highest BCUT2D eigenvalue weighted by Gasteiger charge is 2.40. The van der Waals surface area contributed by atoms with Gasteiger partial charge in [0.15, 0.2) is 0 Å². The molecule has 0 aromatic rings. The van der Waals surface area contributed by atoms with Crippen molar-refractivity contribution in [2.24, 2.45) is 17.6 Å². The summed E-state index contributed by atoms with van der Waals surface area (Å²) in [6.45, 7) is 12.1. The summed E-state index contributed by atoms with van der Waals surface area (Å²) in [7, 11) is -3.23. The second kappa shape index (κ2) is 6.15. The van der Waals surface area contributed by atoms with Gasteiger partial charge in [-0.05, 0) is 25.7 Å². The summed E-state index contributed by atoms with van der Waals surface area (Å²) in [5, 5.41) is -0.962. The van der Waals surface area contributed by atoms with Gasteiger partial charge in [-0.3, -0.25) is 4.57 Å². The summed E-state index contributed by atoms with van der Waals surface area (Å²) in [5.41, 5.74) is 5.87. The van der Waals surface area contributed by atoms with E-state index < -0.39 is 12.9 Å². The van der Waals surface area contributed by atoms with Crippen LogP contribution in [0.25, 0.3) is 0 Å². The molecule has 0 saturated carbocycles. The van der Waals surface area contributed by atoms with E-state index in [-0.39, 0.29) is 0 Å². The Hall–Kier alpha value is 0.110. The molecular weight excluding hydrogens is 225 g/mol. The van der Waals surface area contributed by atoms with E-state index in [1.807, 2.05) is 27.7 Å². The molecule has 0 aliphatic carbocycles. The molecule has 0 spiro atoms. The van der Waals surface area contributed by atoms with E-state index in [4.69, 9.17) is 14.8 Å². The molecule has 0 aliphatic heterocycles. The molecular formula is C11H26NO3P. The SMILES string of the molecule is CC(C)COP(=O)(OCC(C)C)C(C)(C)N. The molecule has 0 aromatic heterocycles. The quantitative estimate of drug-likeness (QED) is 0.706. The minimum absolute atomic E-state index is 0.304. The van der Waals surface area contributed by atoms with E-state index in [0.717, 1.165) is 0 Å². The van der Waals surface area contributed by atoms with Crippen molar-refractivity contribution in [2.75, 3.05) is 13.2 Å². The lowest BCUT2D eigenvalue weighted by Crippen LogP contribution is -2.34. The van der Waals surface area contributed by atoms with Gasteiger partial charge >= 0.3 is 7.60 Å². The standard InChI is InChI=1S/C11H26NO3P/c1-9(2)7-14-16(13,11(5,6)12)15-8-10(3)4/h9-10H,7-8,12H2,1-6H3. The van der Waals surface area contributed by atoms with Gasteiger partial charge in [0.25, 0.3) is 0 Å². The molecule has 0 atom stereocenters. The Morgan fingerprint density at radius 1 is 1.06 bits per heavy atom. The monoisotopic (exact) mass is 251 g/mol. The number of hydrogen-bond acceptors (Lipinski definition) is 4. The van der Waals surface area contributed by atoms with Crippen molar-refractivity contribution < 1.29 is 13.6 Å². The lowest BCUT2D eigenvalue weighted by Gasteiger charge is -2.30. The minimum atomic E-state index is -3.23. The molecule has 0 amide bonds. The first-order valence-corrected chi connectivity index (χ1v) is 7.31. The molecule has 0 bridgehead atoms. The Morgan fingerprint density at radius 3 is 1.56 bits per heavy atom. The summed E-state index contributed by atoms with van der Waals surface area (Å²) in [4.78, 5) is 0. The summed E-state index contributed by atoms with van der Waals surface area (Å²) < 4.78 is 23.3. The van der Waals surface area contributed by atoms with Crippen molar-refractivity contribution in [2.45, 2.75) is 46.8 Å². The molecule has 0 heterocycles. The van der Waals surface area contributed by atoms with Gasteiger partial charge in [-0.1, -0.05) is 27.7 Å². The first kappa shape index (κ1) is 16.1. The largest absolute Gasteiger partial charge is 0.349 e. The molecule has 0 radical (unpaired) electrons. The fourth-order valence-corrected chi connectivity index (χ4v) is 2.59. The van der Waals surface area contributed by atoms with E-state index >= 15 is 0 Å². The van der Waals surface area contributed by atoms with Crippen LogP contribution in [0.15, 0.2) is 0 Å². The Bertz CT molecular complexity index is 230. The molecule has 0 fully saturated rings. The average molecular weight is 251 g/mol. The molecule has 0 rings (SSSR count). The average Bonchev–Trinajstić information content (AvgIpc) is 2.09. The zero-order valence-electron chi connectivity index (χ0n) is 11.3. The van der Waals surface area contributed by atoms with Gasteiger partial charge < -0.3 is 14.8 Å². The van der Waals surface area contributed by atoms with Crippen LogP contribution in [0.5, 0.6) is 0 Å². The molecule has 0 aliphatic rings. The fraction of sp³-hybridized carbons (Fsp3) is 1.00. The smallest absolute Gasteiger partial charge is 0.316 e. The van der Waals surface area contributed by atoms with Crippen molar-refractivity contribution in [3.05, 3.63) is 0 Å². The molecule has 5 heteroatoms. The molecule has 0 saturated heterocycles. The maximum absolute atomic E-state index is 12.5. The Labute approximate surface area is 99.4 Å². The summed E-state index contributed by atoms with van der Waals surface area (Å²) in [6.07, 6.45) is 0. The van der Waals surface area contributed by atoms with Gasteiger partial charge in [0, 0.05) is 0 Å². The van der Waals surface area contributed by atoms with Gasteiger partial charge in [0.2, 0.25) is 0 Å². The van der Waals surface area contributed by atoms with Crippen LogP contribution in [-0.4, -0.2) is 18.5 Å². The number of hydrogen-bond donors (Lipinski definition) is 1.